The van der Waals surface area contributed by atoms with Gasteiger partial charge in [0.1, 0.15) is 11.1 Å². The molecule has 12 heteroatoms. The highest BCUT2D eigenvalue weighted by Gasteiger charge is 2.24. The summed E-state index contributed by atoms with van der Waals surface area (Å²) in [6.45, 7) is 8.21. The van der Waals surface area contributed by atoms with Gasteiger partial charge in [0.25, 0.3) is 11.8 Å². The van der Waals surface area contributed by atoms with E-state index in [0.717, 1.165) is 34.0 Å². The number of hydrogen-bond donors (Lipinski definition) is 3. The zero-order chi connectivity index (χ0) is 30.7. The third-order valence-electron chi connectivity index (χ3n) is 7.16. The number of rotatable bonds is 9. The third kappa shape index (κ3) is 5.79. The molecule has 0 saturated heterocycles. The number of aromatic nitrogens is 2. The van der Waals surface area contributed by atoms with Crippen LogP contribution >= 0.6 is 0 Å². The van der Waals surface area contributed by atoms with Crippen LogP contribution in [-0.2, 0) is 29.1 Å². The van der Waals surface area contributed by atoms with Crippen molar-refractivity contribution in [3.8, 4) is 22.8 Å². The fraction of sp³-hybridized carbons (Fsp3) is 0.333. The lowest BCUT2D eigenvalue weighted by Gasteiger charge is -2.25. The van der Waals surface area contributed by atoms with Gasteiger partial charge in [0.2, 0.25) is 0 Å². The van der Waals surface area contributed by atoms with E-state index < -0.39 is 17.4 Å². The van der Waals surface area contributed by atoms with Crippen LogP contribution in [0, 0.1) is 20.8 Å². The van der Waals surface area contributed by atoms with Crippen LogP contribution in [0.2, 0.25) is 0 Å². The molecular formula is C30H36N6O6. The zero-order valence-corrected chi connectivity index (χ0v) is 24.4. The van der Waals surface area contributed by atoms with Gasteiger partial charge in [0.05, 0.1) is 31.6 Å². The van der Waals surface area contributed by atoms with Crippen LogP contribution < -0.4 is 32.1 Å². The summed E-state index contributed by atoms with van der Waals surface area (Å²) >= 11 is 0. The van der Waals surface area contributed by atoms with Gasteiger partial charge in [0, 0.05) is 30.9 Å². The smallest absolute Gasteiger partial charge is 0.330 e. The normalized spacial score (nSPS) is 12.9. The Hall–Kier alpha value is -4.84. The molecule has 0 unspecified atom stereocenters. The predicted octanol–water partition coefficient (Wildman–Crippen LogP) is 1.98. The van der Waals surface area contributed by atoms with Crippen LogP contribution in [0.25, 0.3) is 11.3 Å². The first-order chi connectivity index (χ1) is 20.0. The molecule has 3 aromatic rings. The molecule has 0 fully saturated rings. The molecule has 0 aliphatic carbocycles. The molecule has 1 aliphatic rings. The van der Waals surface area contributed by atoms with Gasteiger partial charge in [-0.15, -0.1) is 0 Å². The van der Waals surface area contributed by atoms with Crippen LogP contribution in [0.5, 0.6) is 11.5 Å². The molecular weight excluding hydrogens is 540 g/mol. The Morgan fingerprint density at radius 2 is 1.81 bits per heavy atom. The Bertz CT molecular complexity index is 1700. The molecule has 12 nitrogen and oxygen atoms in total. The van der Waals surface area contributed by atoms with Gasteiger partial charge in [0.15, 0.2) is 11.5 Å². The van der Waals surface area contributed by atoms with Crippen molar-refractivity contribution in [2.75, 3.05) is 20.3 Å². The van der Waals surface area contributed by atoms with Crippen LogP contribution in [0.1, 0.15) is 29.2 Å². The van der Waals surface area contributed by atoms with Crippen LogP contribution in [0.15, 0.2) is 51.9 Å². The molecule has 0 spiro atoms. The minimum absolute atomic E-state index is 0.125. The molecule has 5 N–H and O–H groups in total. The molecule has 1 aliphatic heterocycles. The summed E-state index contributed by atoms with van der Waals surface area (Å²) in [6, 6.07) is 9.63. The maximum Gasteiger partial charge on any atom is 0.330 e. The van der Waals surface area contributed by atoms with E-state index in [0.29, 0.717) is 53.0 Å². The van der Waals surface area contributed by atoms with E-state index >= 15 is 0 Å². The molecule has 42 heavy (non-hydrogen) atoms. The Balaban J connectivity index is 1.90. The minimum Gasteiger partial charge on any atom is -0.493 e. The number of carbonyl (C=O) groups is 2. The standard InChI is InChI=1S/C30H36N6O6/c1-6-42-25-13-20-7-8-34-23(21(20)14-24(25)41-5)15-26(33-27-18(3)11-17(2)12-19(27)4)35(30(34)39)9-10-36(40)29(38)22(16-31)28(32)37/h11-16,40H,6-10,31H2,1-5H3,(H2,32,37)/b22-16+,33-26?. The van der Waals surface area contributed by atoms with E-state index in [1.807, 2.05) is 58.0 Å². The quantitative estimate of drug-likeness (QED) is 0.115. The average molecular weight is 577 g/mol. The van der Waals surface area contributed by atoms with Gasteiger partial charge in [-0.2, -0.15) is 0 Å². The zero-order valence-electron chi connectivity index (χ0n) is 24.4. The number of hydrogen-bond acceptors (Lipinski definition) is 8. The molecule has 2 heterocycles. The Labute approximate surface area is 243 Å². The summed E-state index contributed by atoms with van der Waals surface area (Å²) in [5.41, 5.74) is 16.0. The van der Waals surface area contributed by atoms with Crippen molar-refractivity contribution in [2.45, 2.75) is 47.2 Å². The minimum atomic E-state index is -1.08. The lowest BCUT2D eigenvalue weighted by Crippen LogP contribution is -2.45. The van der Waals surface area contributed by atoms with Crippen molar-refractivity contribution >= 4 is 17.5 Å². The molecule has 1 aromatic heterocycles. The van der Waals surface area contributed by atoms with E-state index in [2.05, 4.69) is 0 Å². The monoisotopic (exact) mass is 576 g/mol. The highest BCUT2D eigenvalue weighted by atomic mass is 16.5. The summed E-state index contributed by atoms with van der Waals surface area (Å²) in [6.07, 6.45) is 1.31. The summed E-state index contributed by atoms with van der Waals surface area (Å²) < 4.78 is 14.4. The number of benzene rings is 2. The van der Waals surface area contributed by atoms with Gasteiger partial charge >= 0.3 is 5.69 Å². The largest absolute Gasteiger partial charge is 0.493 e. The highest BCUT2D eigenvalue weighted by Crippen LogP contribution is 2.37. The van der Waals surface area contributed by atoms with Crippen molar-refractivity contribution in [3.05, 3.63) is 80.3 Å². The molecule has 0 bridgehead atoms. The maximum absolute atomic E-state index is 14.0. The molecule has 222 valence electrons. The fourth-order valence-corrected chi connectivity index (χ4v) is 5.23. The first-order valence-corrected chi connectivity index (χ1v) is 13.5. The van der Waals surface area contributed by atoms with Crippen LogP contribution in [-0.4, -0.2) is 51.5 Å². The van der Waals surface area contributed by atoms with Crippen molar-refractivity contribution in [2.24, 2.45) is 16.5 Å². The van der Waals surface area contributed by atoms with Gasteiger partial charge in [-0.3, -0.25) is 23.9 Å². The number of ether oxygens (including phenoxy) is 2. The van der Waals surface area contributed by atoms with Crippen molar-refractivity contribution < 1.29 is 24.3 Å². The number of amides is 2. The topological polar surface area (TPSA) is 167 Å². The summed E-state index contributed by atoms with van der Waals surface area (Å²) in [4.78, 5) is 43.0. The molecule has 0 radical (unpaired) electrons. The summed E-state index contributed by atoms with van der Waals surface area (Å²) in [5, 5.41) is 10.7. The number of carbonyl (C=O) groups excluding carboxylic acids is 2. The van der Waals surface area contributed by atoms with Gasteiger partial charge in [-0.05, 0) is 62.9 Å². The molecule has 2 amide bonds. The first kappa shape index (κ1) is 30.1. The third-order valence-corrected chi connectivity index (χ3v) is 7.16. The van der Waals surface area contributed by atoms with E-state index in [-0.39, 0.29) is 18.8 Å². The lowest BCUT2D eigenvalue weighted by atomic mass is 9.97. The fourth-order valence-electron chi connectivity index (χ4n) is 5.23. The van der Waals surface area contributed by atoms with Crippen molar-refractivity contribution in [1.82, 2.24) is 14.2 Å². The molecule has 2 aromatic carbocycles. The number of hydroxylamine groups is 2. The van der Waals surface area contributed by atoms with Crippen molar-refractivity contribution in [1.29, 1.82) is 0 Å². The maximum atomic E-state index is 14.0. The Morgan fingerprint density at radius 3 is 2.40 bits per heavy atom. The Morgan fingerprint density at radius 1 is 1.12 bits per heavy atom. The number of fused-ring (bicyclic) bond motifs is 3. The number of nitrogens with zero attached hydrogens (tertiary/aromatic N) is 4. The first-order valence-electron chi connectivity index (χ1n) is 13.5. The molecule has 0 saturated carbocycles. The second-order valence-corrected chi connectivity index (χ2v) is 10.0. The summed E-state index contributed by atoms with van der Waals surface area (Å²) in [5.74, 6) is -0.973. The van der Waals surface area contributed by atoms with Gasteiger partial charge in [-0.1, -0.05) is 17.7 Å². The van der Waals surface area contributed by atoms with E-state index in [4.69, 9.17) is 25.9 Å². The average Bonchev–Trinajstić information content (AvgIpc) is 2.94. The van der Waals surface area contributed by atoms with E-state index in [1.54, 1.807) is 11.7 Å². The number of nitrogens with two attached hydrogens (primary N) is 2. The highest BCUT2D eigenvalue weighted by molar-refractivity contribution is 6.17. The Kier molecular flexibility index (Phi) is 8.86. The van der Waals surface area contributed by atoms with Crippen molar-refractivity contribution in [3.63, 3.8) is 0 Å². The number of aryl methyl sites for hydroxylation is 4. The predicted molar refractivity (Wildman–Crippen MR) is 156 cm³/mol. The van der Waals surface area contributed by atoms with E-state index in [9.17, 15) is 19.6 Å². The van der Waals surface area contributed by atoms with E-state index in [1.165, 1.54) is 4.57 Å². The second kappa shape index (κ2) is 12.4. The van der Waals surface area contributed by atoms with Crippen LogP contribution in [0.3, 0.4) is 0 Å². The molecule has 4 rings (SSSR count). The van der Waals surface area contributed by atoms with Gasteiger partial charge < -0.3 is 20.9 Å². The number of primary amides is 1. The SMILES string of the molecule is CCOc1cc2c(cc1OC)-c1cc(=Nc3c(C)cc(C)cc3C)n(CCN(O)C(=O)/C(=C/N)C(N)=O)c(=O)n1CC2. The van der Waals surface area contributed by atoms with Gasteiger partial charge in [-0.25, -0.2) is 14.9 Å². The van der Waals surface area contributed by atoms with Crippen LogP contribution in [0.4, 0.5) is 5.69 Å². The number of methoxy groups -OCH3 is 1. The second-order valence-electron chi connectivity index (χ2n) is 10.0. The molecule has 0 atom stereocenters. The summed E-state index contributed by atoms with van der Waals surface area (Å²) in [7, 11) is 1.56. The lowest BCUT2D eigenvalue weighted by molar-refractivity contribution is -0.161.